The summed E-state index contributed by atoms with van der Waals surface area (Å²) in [5.41, 5.74) is 3.89. The molecule has 0 saturated heterocycles. The number of hydrogen-bond donors (Lipinski definition) is 3. The molecule has 5 heteroatoms. The molecule has 112 valence electrons. The van der Waals surface area contributed by atoms with E-state index in [0.29, 0.717) is 5.11 Å². The van der Waals surface area contributed by atoms with Gasteiger partial charge in [0.25, 0.3) is 0 Å². The maximum Gasteiger partial charge on any atom is 0.171 e. The second-order valence-electron chi connectivity index (χ2n) is 5.55. The van der Waals surface area contributed by atoms with Crippen LogP contribution >= 0.6 is 12.2 Å². The summed E-state index contributed by atoms with van der Waals surface area (Å²) in [6.45, 7) is 3.15. The molecule has 0 amide bonds. The van der Waals surface area contributed by atoms with E-state index in [0.717, 1.165) is 32.5 Å². The van der Waals surface area contributed by atoms with Gasteiger partial charge >= 0.3 is 0 Å². The fraction of sp³-hybridized carbons (Fsp3) is 0.438. The first-order valence-corrected chi connectivity index (χ1v) is 7.86. The lowest BCUT2D eigenvalue weighted by molar-refractivity contribution is 0.224. The molecule has 1 atom stereocenters. The van der Waals surface area contributed by atoms with Gasteiger partial charge in [-0.15, -0.1) is 0 Å². The highest BCUT2D eigenvalue weighted by molar-refractivity contribution is 7.80. The highest BCUT2D eigenvalue weighted by atomic mass is 32.1. The van der Waals surface area contributed by atoms with Crippen molar-refractivity contribution >= 4 is 17.3 Å². The number of hydrogen-bond acceptors (Lipinski definition) is 3. The van der Waals surface area contributed by atoms with Gasteiger partial charge in [-0.25, -0.2) is 0 Å². The molecule has 2 heterocycles. The van der Waals surface area contributed by atoms with E-state index < -0.39 is 0 Å². The van der Waals surface area contributed by atoms with Crippen molar-refractivity contribution < 1.29 is 5.11 Å². The van der Waals surface area contributed by atoms with Crippen LogP contribution in [0.1, 0.15) is 24.4 Å². The highest BCUT2D eigenvalue weighted by Crippen LogP contribution is 2.31. The van der Waals surface area contributed by atoms with Crippen molar-refractivity contribution in [3.8, 4) is 0 Å². The van der Waals surface area contributed by atoms with E-state index in [1.54, 1.807) is 0 Å². The average Bonchev–Trinajstić information content (AvgIpc) is 2.53. The quantitative estimate of drug-likeness (QED) is 0.737. The number of thiocarbonyl (C=S) groups is 1. The van der Waals surface area contributed by atoms with E-state index in [1.807, 2.05) is 6.07 Å². The van der Waals surface area contributed by atoms with Gasteiger partial charge in [-0.2, -0.15) is 0 Å². The van der Waals surface area contributed by atoms with Crippen molar-refractivity contribution in [2.75, 3.05) is 26.2 Å². The maximum absolute atomic E-state index is 9.01. The molecule has 1 aromatic rings. The van der Waals surface area contributed by atoms with E-state index in [-0.39, 0.29) is 12.6 Å². The summed E-state index contributed by atoms with van der Waals surface area (Å²) in [4.78, 5) is 2.41. The molecule has 2 aliphatic heterocycles. The number of rotatable bonds is 4. The van der Waals surface area contributed by atoms with Gasteiger partial charge in [-0.05, 0) is 29.8 Å². The molecule has 0 radical (unpaired) electrons. The standard InChI is InChI=1S/C16H21N3OS/c20-10-4-8-19-9-7-14-13(11-19)15(18-16(21)17-14)12-5-2-1-3-6-12/h1-3,5-6,15,20H,4,7-11H2,(H2,17,18,21). The van der Waals surface area contributed by atoms with Gasteiger partial charge in [0.1, 0.15) is 0 Å². The van der Waals surface area contributed by atoms with Crippen LogP contribution in [0.3, 0.4) is 0 Å². The summed E-state index contributed by atoms with van der Waals surface area (Å²) in [5, 5.41) is 16.4. The van der Waals surface area contributed by atoms with Crippen LogP contribution in [0.4, 0.5) is 0 Å². The molecule has 21 heavy (non-hydrogen) atoms. The first-order chi connectivity index (χ1) is 10.3. The maximum atomic E-state index is 9.01. The summed E-state index contributed by atoms with van der Waals surface area (Å²) >= 11 is 5.35. The van der Waals surface area contributed by atoms with E-state index >= 15 is 0 Å². The van der Waals surface area contributed by atoms with Gasteiger partial charge in [0.15, 0.2) is 5.11 Å². The summed E-state index contributed by atoms with van der Waals surface area (Å²) < 4.78 is 0. The number of aliphatic hydroxyl groups excluding tert-OH is 1. The van der Waals surface area contributed by atoms with Gasteiger partial charge in [-0.1, -0.05) is 30.3 Å². The second kappa shape index (κ2) is 6.56. The Kier molecular flexibility index (Phi) is 4.53. The first kappa shape index (κ1) is 14.5. The smallest absolute Gasteiger partial charge is 0.171 e. The van der Waals surface area contributed by atoms with Crippen LogP contribution in [0, 0.1) is 0 Å². The molecule has 3 rings (SSSR count). The third-order valence-corrected chi connectivity index (χ3v) is 4.33. The molecule has 0 aliphatic carbocycles. The minimum Gasteiger partial charge on any atom is -0.396 e. The predicted octanol–water partition coefficient (Wildman–Crippen LogP) is 1.55. The van der Waals surface area contributed by atoms with Crippen LogP contribution in [-0.4, -0.2) is 41.4 Å². The first-order valence-electron chi connectivity index (χ1n) is 7.45. The largest absolute Gasteiger partial charge is 0.396 e. The van der Waals surface area contributed by atoms with Crippen molar-refractivity contribution in [3.05, 3.63) is 47.2 Å². The topological polar surface area (TPSA) is 47.5 Å². The molecule has 2 aliphatic rings. The van der Waals surface area contributed by atoms with Crippen molar-refractivity contribution in [2.24, 2.45) is 0 Å². The molecule has 3 N–H and O–H groups in total. The number of benzene rings is 1. The zero-order chi connectivity index (χ0) is 14.7. The average molecular weight is 303 g/mol. The van der Waals surface area contributed by atoms with Crippen LogP contribution < -0.4 is 10.6 Å². The summed E-state index contributed by atoms with van der Waals surface area (Å²) in [6, 6.07) is 10.6. The third-order valence-electron chi connectivity index (χ3n) is 4.11. The summed E-state index contributed by atoms with van der Waals surface area (Å²) in [5.74, 6) is 0. The fourth-order valence-electron chi connectivity index (χ4n) is 3.06. The van der Waals surface area contributed by atoms with Gasteiger partial charge in [0.05, 0.1) is 6.04 Å². The Labute approximate surface area is 130 Å². The Morgan fingerprint density at radius 1 is 1.29 bits per heavy atom. The Bertz CT molecular complexity index is 544. The Morgan fingerprint density at radius 3 is 2.86 bits per heavy atom. The third kappa shape index (κ3) is 3.26. The fourth-order valence-corrected chi connectivity index (χ4v) is 3.30. The van der Waals surface area contributed by atoms with E-state index in [9.17, 15) is 0 Å². The monoisotopic (exact) mass is 303 g/mol. The molecule has 4 nitrogen and oxygen atoms in total. The van der Waals surface area contributed by atoms with Crippen molar-refractivity contribution in [1.29, 1.82) is 0 Å². The summed E-state index contributed by atoms with van der Waals surface area (Å²) in [6.07, 6.45) is 1.82. The molecule has 1 unspecified atom stereocenters. The van der Waals surface area contributed by atoms with Crippen LogP contribution in [0.25, 0.3) is 0 Å². The zero-order valence-electron chi connectivity index (χ0n) is 12.0. The molecule has 1 aromatic carbocycles. The Hall–Kier alpha value is -1.43. The van der Waals surface area contributed by atoms with Gasteiger partial charge in [-0.3, -0.25) is 4.90 Å². The van der Waals surface area contributed by atoms with Crippen LogP contribution in [0.15, 0.2) is 41.6 Å². The van der Waals surface area contributed by atoms with E-state index in [2.05, 4.69) is 39.8 Å². The number of aliphatic hydroxyl groups is 1. The van der Waals surface area contributed by atoms with Crippen molar-refractivity contribution in [2.45, 2.75) is 18.9 Å². The molecule has 0 fully saturated rings. The van der Waals surface area contributed by atoms with Crippen LogP contribution in [0.5, 0.6) is 0 Å². The predicted molar refractivity (Wildman–Crippen MR) is 87.8 cm³/mol. The molecular weight excluding hydrogens is 282 g/mol. The van der Waals surface area contributed by atoms with E-state index in [1.165, 1.54) is 16.8 Å². The van der Waals surface area contributed by atoms with E-state index in [4.69, 9.17) is 17.3 Å². The highest BCUT2D eigenvalue weighted by Gasteiger charge is 2.30. The molecule has 0 bridgehead atoms. The lowest BCUT2D eigenvalue weighted by Crippen LogP contribution is -2.49. The normalized spacial score (nSPS) is 22.5. The minimum absolute atomic E-state index is 0.159. The molecular formula is C16H21N3OS. The van der Waals surface area contributed by atoms with Gasteiger partial charge in [0.2, 0.25) is 0 Å². The second-order valence-corrected chi connectivity index (χ2v) is 5.96. The molecule has 0 saturated carbocycles. The van der Waals surface area contributed by atoms with Gasteiger partial charge < -0.3 is 15.7 Å². The number of nitrogens with zero attached hydrogens (tertiary/aromatic N) is 1. The minimum atomic E-state index is 0.159. The lowest BCUT2D eigenvalue weighted by Gasteiger charge is -2.39. The Balaban J connectivity index is 1.84. The summed E-state index contributed by atoms with van der Waals surface area (Å²) in [7, 11) is 0. The Morgan fingerprint density at radius 2 is 2.10 bits per heavy atom. The SMILES string of the molecule is OCCCN1CCC2=C(C1)C(c1ccccc1)NC(=S)N2. The van der Waals surface area contributed by atoms with Crippen LogP contribution in [0.2, 0.25) is 0 Å². The lowest BCUT2D eigenvalue weighted by atomic mass is 9.92. The van der Waals surface area contributed by atoms with Crippen molar-refractivity contribution in [3.63, 3.8) is 0 Å². The van der Waals surface area contributed by atoms with Gasteiger partial charge in [0, 0.05) is 38.4 Å². The molecule has 0 spiro atoms. The van der Waals surface area contributed by atoms with Crippen LogP contribution in [-0.2, 0) is 0 Å². The molecule has 0 aromatic heterocycles. The van der Waals surface area contributed by atoms with Crippen molar-refractivity contribution in [1.82, 2.24) is 15.5 Å². The number of nitrogens with one attached hydrogen (secondary N) is 2. The zero-order valence-corrected chi connectivity index (χ0v) is 12.8.